The lowest BCUT2D eigenvalue weighted by atomic mass is 9.98. The van der Waals surface area contributed by atoms with E-state index in [1.54, 1.807) is 24.3 Å². The average Bonchev–Trinajstić information content (AvgIpc) is 2.61. The maximum atomic E-state index is 12.4. The molecule has 1 N–H and O–H groups in total. The van der Waals surface area contributed by atoms with Crippen molar-refractivity contribution < 1.29 is 24.0 Å². The van der Waals surface area contributed by atoms with E-state index in [-0.39, 0.29) is 17.8 Å². The third kappa shape index (κ3) is 3.27. The van der Waals surface area contributed by atoms with Crippen molar-refractivity contribution in [2.24, 2.45) is 0 Å². The van der Waals surface area contributed by atoms with E-state index in [4.69, 9.17) is 9.47 Å². The second-order valence-electron chi connectivity index (χ2n) is 5.38. The topological polar surface area (TPSA) is 108 Å². The summed E-state index contributed by atoms with van der Waals surface area (Å²) >= 11 is 0. The van der Waals surface area contributed by atoms with Crippen LogP contribution in [0.2, 0.25) is 0 Å². The fourth-order valence-corrected chi connectivity index (χ4v) is 2.59. The highest BCUT2D eigenvalue weighted by atomic mass is 16.6. The van der Waals surface area contributed by atoms with Crippen LogP contribution in [0.3, 0.4) is 0 Å². The highest BCUT2D eigenvalue weighted by molar-refractivity contribution is 6.01. The Morgan fingerprint density at radius 2 is 2.08 bits per heavy atom. The maximum absolute atomic E-state index is 12.4. The monoisotopic (exact) mass is 342 g/mol. The van der Waals surface area contributed by atoms with Crippen LogP contribution in [0, 0.1) is 10.1 Å². The number of benzene rings is 2. The van der Waals surface area contributed by atoms with Crippen LogP contribution in [0.4, 0.5) is 11.4 Å². The number of cyclic esters (lactones) is 1. The zero-order valence-electron chi connectivity index (χ0n) is 13.2. The number of ether oxygens (including phenoxy) is 2. The highest BCUT2D eigenvalue weighted by Gasteiger charge is 2.32. The molecule has 1 aliphatic rings. The molecular formula is C17H14N2O6. The minimum atomic E-state index is -1.05. The minimum Gasteiger partial charge on any atom is -0.496 e. The van der Waals surface area contributed by atoms with Crippen molar-refractivity contribution in [3.63, 3.8) is 0 Å². The third-order valence-electron chi connectivity index (χ3n) is 3.84. The molecule has 0 aliphatic carbocycles. The number of fused-ring (bicyclic) bond motifs is 1. The van der Waals surface area contributed by atoms with Gasteiger partial charge in [-0.3, -0.25) is 14.9 Å². The van der Waals surface area contributed by atoms with Crippen molar-refractivity contribution in [1.82, 2.24) is 0 Å². The van der Waals surface area contributed by atoms with Gasteiger partial charge in [0.05, 0.1) is 23.7 Å². The van der Waals surface area contributed by atoms with Crippen molar-refractivity contribution >= 4 is 23.3 Å². The fourth-order valence-electron chi connectivity index (χ4n) is 2.59. The normalized spacial score (nSPS) is 15.7. The zero-order chi connectivity index (χ0) is 18.0. The number of hydrogen-bond acceptors (Lipinski definition) is 6. The molecule has 0 spiro atoms. The molecule has 1 atom stereocenters. The quantitative estimate of drug-likeness (QED) is 0.519. The minimum absolute atomic E-state index is 0.00528. The van der Waals surface area contributed by atoms with Gasteiger partial charge in [0.25, 0.3) is 11.6 Å². The number of anilines is 1. The molecule has 0 saturated heterocycles. The Balaban J connectivity index is 1.82. The molecule has 0 fully saturated rings. The van der Waals surface area contributed by atoms with Crippen LogP contribution in [-0.2, 0) is 16.0 Å². The van der Waals surface area contributed by atoms with Gasteiger partial charge in [-0.1, -0.05) is 18.2 Å². The second-order valence-corrected chi connectivity index (χ2v) is 5.38. The van der Waals surface area contributed by atoms with E-state index < -0.39 is 22.9 Å². The van der Waals surface area contributed by atoms with Crippen LogP contribution in [0.25, 0.3) is 0 Å². The molecule has 0 aromatic heterocycles. The molecule has 0 unspecified atom stereocenters. The van der Waals surface area contributed by atoms with Crippen molar-refractivity contribution in [3.05, 3.63) is 63.7 Å². The maximum Gasteiger partial charge on any atom is 0.339 e. The summed E-state index contributed by atoms with van der Waals surface area (Å²) in [5, 5.41) is 13.6. The Labute approximate surface area is 142 Å². The molecule has 0 saturated carbocycles. The first kappa shape index (κ1) is 16.4. The number of hydrogen-bond donors (Lipinski definition) is 1. The Morgan fingerprint density at radius 1 is 1.32 bits per heavy atom. The first-order chi connectivity index (χ1) is 12.0. The average molecular weight is 342 g/mol. The van der Waals surface area contributed by atoms with Gasteiger partial charge >= 0.3 is 5.97 Å². The van der Waals surface area contributed by atoms with E-state index in [9.17, 15) is 19.7 Å². The number of nitrogens with zero attached hydrogens (tertiary/aromatic N) is 1. The lowest BCUT2D eigenvalue weighted by Gasteiger charge is -2.23. The first-order valence-electron chi connectivity index (χ1n) is 7.42. The standard InChI is InChI=1S/C17H14N2O6/c1-24-11-6-7-13(14(9-11)19(22)23)18-16(20)15-8-10-4-2-3-5-12(10)17(21)25-15/h2-7,9,15H,8H2,1H3,(H,18,20)/t15-/m1/s1. The Morgan fingerprint density at radius 3 is 2.80 bits per heavy atom. The smallest absolute Gasteiger partial charge is 0.339 e. The van der Waals surface area contributed by atoms with Crippen molar-refractivity contribution in [2.45, 2.75) is 12.5 Å². The number of carbonyl (C=O) groups is 2. The number of esters is 1. The molecule has 0 radical (unpaired) electrons. The number of amides is 1. The van der Waals surface area contributed by atoms with E-state index in [0.717, 1.165) is 0 Å². The largest absolute Gasteiger partial charge is 0.496 e. The summed E-state index contributed by atoms with van der Waals surface area (Å²) in [7, 11) is 1.39. The summed E-state index contributed by atoms with van der Waals surface area (Å²) in [5.74, 6) is -0.926. The molecule has 1 aliphatic heterocycles. The van der Waals surface area contributed by atoms with Gasteiger partial charge in [0.1, 0.15) is 11.4 Å². The zero-order valence-corrected chi connectivity index (χ0v) is 13.2. The molecule has 8 nitrogen and oxygen atoms in total. The predicted molar refractivity (Wildman–Crippen MR) is 87.6 cm³/mol. The molecule has 25 heavy (non-hydrogen) atoms. The van der Waals surface area contributed by atoms with Gasteiger partial charge in [-0.2, -0.15) is 0 Å². The van der Waals surface area contributed by atoms with Gasteiger partial charge in [0.2, 0.25) is 0 Å². The van der Waals surface area contributed by atoms with Crippen LogP contribution in [-0.4, -0.2) is 30.0 Å². The number of carbonyl (C=O) groups excluding carboxylic acids is 2. The van der Waals surface area contributed by atoms with Crippen molar-refractivity contribution in [1.29, 1.82) is 0 Å². The summed E-state index contributed by atoms with van der Waals surface area (Å²) in [6.07, 6.45) is -0.846. The summed E-state index contributed by atoms with van der Waals surface area (Å²) in [4.78, 5) is 34.9. The Kier molecular flexibility index (Phi) is 4.34. The molecule has 2 aromatic rings. The van der Waals surface area contributed by atoms with Gasteiger partial charge in [-0.15, -0.1) is 0 Å². The van der Waals surface area contributed by atoms with E-state index >= 15 is 0 Å². The Bertz CT molecular complexity index is 864. The van der Waals surface area contributed by atoms with Crippen LogP contribution in [0.15, 0.2) is 42.5 Å². The Hall–Kier alpha value is -3.42. The number of nitrogens with one attached hydrogen (secondary N) is 1. The second kappa shape index (κ2) is 6.60. The fraction of sp³-hybridized carbons (Fsp3) is 0.176. The van der Waals surface area contributed by atoms with Gasteiger partial charge in [-0.25, -0.2) is 4.79 Å². The number of methoxy groups -OCH3 is 1. The van der Waals surface area contributed by atoms with Crippen LogP contribution in [0.5, 0.6) is 5.75 Å². The summed E-state index contributed by atoms with van der Waals surface area (Å²) in [6.45, 7) is 0. The lowest BCUT2D eigenvalue weighted by Crippen LogP contribution is -2.38. The van der Waals surface area contributed by atoms with Crippen molar-refractivity contribution in [3.8, 4) is 5.75 Å². The number of rotatable bonds is 4. The van der Waals surface area contributed by atoms with E-state index in [1.165, 1.54) is 25.3 Å². The molecule has 3 rings (SSSR count). The lowest BCUT2D eigenvalue weighted by molar-refractivity contribution is -0.384. The van der Waals surface area contributed by atoms with Crippen molar-refractivity contribution in [2.75, 3.05) is 12.4 Å². The summed E-state index contributed by atoms with van der Waals surface area (Å²) in [5.41, 5.74) is 0.811. The SMILES string of the molecule is COc1ccc(NC(=O)[C@H]2Cc3ccccc3C(=O)O2)c([N+](=O)[O-])c1. The molecule has 2 aromatic carbocycles. The van der Waals surface area contributed by atoms with Crippen LogP contribution < -0.4 is 10.1 Å². The molecule has 0 bridgehead atoms. The van der Waals surface area contributed by atoms with Gasteiger partial charge in [-0.05, 0) is 23.8 Å². The first-order valence-corrected chi connectivity index (χ1v) is 7.42. The molecule has 8 heteroatoms. The van der Waals surface area contributed by atoms with Gasteiger partial charge < -0.3 is 14.8 Å². The van der Waals surface area contributed by atoms with E-state index in [2.05, 4.69) is 5.32 Å². The molecule has 1 amide bonds. The number of nitro groups is 1. The van der Waals surface area contributed by atoms with Crippen LogP contribution in [0.1, 0.15) is 15.9 Å². The molecular weight excluding hydrogens is 328 g/mol. The summed E-state index contributed by atoms with van der Waals surface area (Å²) in [6, 6.07) is 10.9. The molecule has 1 heterocycles. The van der Waals surface area contributed by atoms with Gasteiger partial charge in [0.15, 0.2) is 6.10 Å². The predicted octanol–water partition coefficient (Wildman–Crippen LogP) is 2.32. The van der Waals surface area contributed by atoms with E-state index in [1.807, 2.05) is 0 Å². The molecule has 128 valence electrons. The third-order valence-corrected chi connectivity index (χ3v) is 3.84. The highest BCUT2D eigenvalue weighted by Crippen LogP contribution is 2.30. The summed E-state index contributed by atoms with van der Waals surface area (Å²) < 4.78 is 10.1. The van der Waals surface area contributed by atoms with Crippen LogP contribution >= 0.6 is 0 Å². The number of nitro benzene ring substituents is 1. The van der Waals surface area contributed by atoms with Gasteiger partial charge in [0, 0.05) is 6.42 Å². The van der Waals surface area contributed by atoms with E-state index in [0.29, 0.717) is 16.9 Å².